The number of aromatic nitrogens is 1. The molecule has 0 unspecified atom stereocenters. The van der Waals surface area contributed by atoms with E-state index in [0.717, 1.165) is 5.41 Å². The van der Waals surface area contributed by atoms with E-state index in [1.165, 1.54) is 86.5 Å². The van der Waals surface area contributed by atoms with Crippen molar-refractivity contribution in [2.24, 2.45) is 0 Å². The number of allylic oxidation sites excluding steroid dienone is 1. The summed E-state index contributed by atoms with van der Waals surface area (Å²) < 4.78 is 63.2. The Hall–Kier alpha value is -4.91. The highest BCUT2D eigenvalue weighted by molar-refractivity contribution is 7.93. The molecule has 0 bridgehead atoms. The van der Waals surface area contributed by atoms with Crippen molar-refractivity contribution in [3.8, 4) is 40.4 Å². The molecule has 0 saturated carbocycles. The Balaban J connectivity index is 1.81. The van der Waals surface area contributed by atoms with Gasteiger partial charge in [-0.15, -0.1) is 0 Å². The first-order valence-corrected chi connectivity index (χ1v) is 14.4. The molecule has 0 saturated heterocycles. The molecule has 3 aromatic rings. The summed E-state index contributed by atoms with van der Waals surface area (Å²) in [6.07, 6.45) is 5.49. The van der Waals surface area contributed by atoms with Gasteiger partial charge < -0.3 is 38.5 Å². The van der Waals surface area contributed by atoms with Gasteiger partial charge in [0.2, 0.25) is 11.6 Å². The van der Waals surface area contributed by atoms with Gasteiger partial charge in [-0.2, -0.15) is 0 Å². The lowest BCUT2D eigenvalue weighted by Crippen LogP contribution is -2.04. The van der Waals surface area contributed by atoms with E-state index >= 15 is 0 Å². The Morgan fingerprint density at radius 3 is 1.91 bits per heavy atom. The third kappa shape index (κ3) is 8.10. The number of nitrogens with one attached hydrogen (secondary N) is 1. The van der Waals surface area contributed by atoms with Crippen molar-refractivity contribution in [3.63, 3.8) is 0 Å². The second-order valence-electron chi connectivity index (χ2n) is 8.71. The Morgan fingerprint density at radius 1 is 0.791 bits per heavy atom. The van der Waals surface area contributed by atoms with Gasteiger partial charge in [0.25, 0.3) is 0 Å². The van der Waals surface area contributed by atoms with Gasteiger partial charge in [-0.05, 0) is 29.8 Å². The van der Waals surface area contributed by atoms with Crippen molar-refractivity contribution in [3.05, 3.63) is 70.9 Å². The van der Waals surface area contributed by atoms with Crippen molar-refractivity contribution in [2.75, 3.05) is 55.1 Å². The van der Waals surface area contributed by atoms with Crippen LogP contribution in [0.15, 0.2) is 54.2 Å². The molecule has 0 fully saturated rings. The largest absolute Gasteiger partial charge is 0.496 e. The summed E-state index contributed by atoms with van der Waals surface area (Å²) in [6, 6.07) is 7.89. The van der Waals surface area contributed by atoms with Crippen LogP contribution in [0, 0.1) is 0 Å². The van der Waals surface area contributed by atoms with E-state index < -0.39 is 9.84 Å². The van der Waals surface area contributed by atoms with Crippen LogP contribution >= 0.6 is 0 Å². The molecule has 13 heteroatoms. The zero-order valence-corrected chi connectivity index (χ0v) is 25.7. The number of nitrogens with zero attached hydrogens (tertiary/aromatic N) is 1. The first kappa shape index (κ1) is 32.6. The number of carbonyl (C=O) groups excluding carboxylic acids is 1. The number of anilines is 1. The maximum Gasteiger partial charge on any atom is 0.237 e. The number of ketones is 1. The second-order valence-corrected chi connectivity index (χ2v) is 10.6. The summed E-state index contributed by atoms with van der Waals surface area (Å²) in [4.78, 5) is 17.1. The summed E-state index contributed by atoms with van der Waals surface area (Å²) in [6.45, 7) is 0. The quantitative estimate of drug-likeness (QED) is 0.190. The van der Waals surface area contributed by atoms with Gasteiger partial charge in [-0.1, -0.05) is 0 Å². The topological polar surface area (TPSA) is 141 Å². The third-order valence-corrected chi connectivity index (χ3v) is 7.37. The average Bonchev–Trinajstić information content (AvgIpc) is 3.02. The number of ether oxygens (including phenoxy) is 7. The molecule has 1 N–H and O–H groups in total. The molecule has 2 aromatic carbocycles. The fourth-order valence-electron chi connectivity index (χ4n) is 4.02. The van der Waals surface area contributed by atoms with Crippen molar-refractivity contribution in [2.45, 2.75) is 5.75 Å². The number of hydrogen-bond donors (Lipinski definition) is 1. The summed E-state index contributed by atoms with van der Waals surface area (Å²) in [5, 5.41) is 4.01. The average molecular weight is 615 g/mol. The first-order valence-electron chi connectivity index (χ1n) is 12.6. The molecule has 1 aromatic heterocycles. The number of pyridine rings is 1. The molecular formula is C30H34N2O10S. The van der Waals surface area contributed by atoms with Crippen LogP contribution in [0.2, 0.25) is 0 Å². The Labute approximate surface area is 250 Å². The molecule has 0 aliphatic carbocycles. The Morgan fingerprint density at radius 2 is 1.40 bits per heavy atom. The number of sulfone groups is 1. The van der Waals surface area contributed by atoms with Crippen LogP contribution in [-0.2, 0) is 15.6 Å². The second kappa shape index (κ2) is 14.8. The normalized spacial score (nSPS) is 11.3. The van der Waals surface area contributed by atoms with Crippen molar-refractivity contribution < 1.29 is 46.4 Å². The highest BCUT2D eigenvalue weighted by Crippen LogP contribution is 2.38. The van der Waals surface area contributed by atoms with E-state index in [0.29, 0.717) is 56.9 Å². The molecule has 230 valence electrons. The molecule has 0 aliphatic heterocycles. The monoisotopic (exact) mass is 614 g/mol. The number of methoxy groups -OCH3 is 7. The van der Waals surface area contributed by atoms with E-state index in [2.05, 4.69) is 10.3 Å². The van der Waals surface area contributed by atoms with E-state index in [1.54, 1.807) is 18.2 Å². The van der Waals surface area contributed by atoms with E-state index in [1.807, 2.05) is 0 Å². The van der Waals surface area contributed by atoms with Gasteiger partial charge in [0.15, 0.2) is 27.1 Å². The minimum Gasteiger partial charge on any atom is -0.496 e. The van der Waals surface area contributed by atoms with E-state index in [9.17, 15) is 13.2 Å². The minimum atomic E-state index is -3.76. The number of carbonyl (C=O) groups is 1. The molecule has 12 nitrogen and oxygen atoms in total. The van der Waals surface area contributed by atoms with Crippen LogP contribution in [0.4, 0.5) is 5.69 Å². The smallest absolute Gasteiger partial charge is 0.237 e. The minimum absolute atomic E-state index is 0.203. The summed E-state index contributed by atoms with van der Waals surface area (Å²) in [5.41, 5.74) is 1.47. The van der Waals surface area contributed by atoms with Crippen LogP contribution in [0.3, 0.4) is 0 Å². The molecule has 1 heterocycles. The summed E-state index contributed by atoms with van der Waals surface area (Å²) >= 11 is 0. The van der Waals surface area contributed by atoms with Crippen molar-refractivity contribution >= 4 is 27.4 Å². The SMILES string of the molecule is COc1cc(OC)c(/C=C/S(=O)(=O)Cc2cnc(OC)c(N/C=C/C(=O)c3cc(OC)c(OC)c(OC)c3)c2)c(OC)c1. The van der Waals surface area contributed by atoms with Gasteiger partial charge in [-0.25, -0.2) is 13.4 Å². The first-order chi connectivity index (χ1) is 20.6. The van der Waals surface area contributed by atoms with Crippen LogP contribution in [0.25, 0.3) is 6.08 Å². The highest BCUT2D eigenvalue weighted by atomic mass is 32.2. The zero-order chi connectivity index (χ0) is 31.6. The van der Waals surface area contributed by atoms with Crippen LogP contribution in [0.1, 0.15) is 21.5 Å². The summed E-state index contributed by atoms with van der Waals surface area (Å²) in [5.74, 6) is 1.79. The predicted octanol–water partition coefficient (Wildman–Crippen LogP) is 4.54. The van der Waals surface area contributed by atoms with E-state index in [-0.39, 0.29) is 17.4 Å². The molecule has 43 heavy (non-hydrogen) atoms. The van der Waals surface area contributed by atoms with Gasteiger partial charge in [0.05, 0.1) is 61.1 Å². The Bertz CT molecular complexity index is 1570. The van der Waals surface area contributed by atoms with Crippen molar-refractivity contribution in [1.29, 1.82) is 0 Å². The molecule has 0 atom stereocenters. The molecule has 0 radical (unpaired) electrons. The fourth-order valence-corrected chi connectivity index (χ4v) is 5.08. The van der Waals surface area contributed by atoms with Gasteiger partial charge >= 0.3 is 0 Å². The van der Waals surface area contributed by atoms with Crippen molar-refractivity contribution in [1.82, 2.24) is 4.98 Å². The van der Waals surface area contributed by atoms with Crippen LogP contribution < -0.4 is 38.5 Å². The lowest BCUT2D eigenvalue weighted by molar-refractivity contribution is 0.104. The lowest BCUT2D eigenvalue weighted by Gasteiger charge is -2.13. The van der Waals surface area contributed by atoms with Gasteiger partial charge in [-0.3, -0.25) is 4.79 Å². The number of rotatable bonds is 15. The van der Waals surface area contributed by atoms with Gasteiger partial charge in [0, 0.05) is 41.6 Å². The zero-order valence-electron chi connectivity index (χ0n) is 24.9. The maximum absolute atomic E-state index is 13.0. The number of hydrogen-bond acceptors (Lipinski definition) is 12. The molecule has 0 aliphatic rings. The number of benzene rings is 2. The summed E-state index contributed by atoms with van der Waals surface area (Å²) in [7, 11) is 6.47. The highest BCUT2D eigenvalue weighted by Gasteiger charge is 2.17. The lowest BCUT2D eigenvalue weighted by atomic mass is 10.1. The van der Waals surface area contributed by atoms with Crippen LogP contribution in [-0.4, -0.2) is 69.0 Å². The fraction of sp³-hybridized carbons (Fsp3) is 0.267. The third-order valence-electron chi connectivity index (χ3n) is 6.09. The molecular weight excluding hydrogens is 580 g/mol. The molecule has 0 amide bonds. The maximum atomic E-state index is 13.0. The van der Waals surface area contributed by atoms with Crippen LogP contribution in [0.5, 0.6) is 40.4 Å². The molecule has 3 rings (SSSR count). The predicted molar refractivity (Wildman–Crippen MR) is 162 cm³/mol. The standard InChI is InChI=1S/C30H34N2O10S/c1-36-21-15-25(37-2)22(26(16-21)38-3)9-11-43(34,35)18-19-12-23(30(42-7)32-17-19)31-10-8-24(33)20-13-27(39-4)29(41-6)28(14-20)40-5/h8-17,31H,18H2,1-7H3/b10-8+,11-9+. The van der Waals surface area contributed by atoms with E-state index in [4.69, 9.17) is 33.2 Å². The Kier molecular flexibility index (Phi) is 11.2. The molecule has 0 spiro atoms. The van der Waals surface area contributed by atoms with Gasteiger partial charge in [0.1, 0.15) is 22.9 Å².